The van der Waals surface area contributed by atoms with Crippen LogP contribution in [0.4, 0.5) is 0 Å². The third-order valence-electron chi connectivity index (χ3n) is 3.39. The van der Waals surface area contributed by atoms with Gasteiger partial charge in [-0.25, -0.2) is 13.1 Å². The van der Waals surface area contributed by atoms with E-state index in [1.165, 1.54) is 17.4 Å². The third-order valence-corrected chi connectivity index (χ3v) is 6.12. The summed E-state index contributed by atoms with van der Waals surface area (Å²) in [6, 6.07) is 1.52. The van der Waals surface area contributed by atoms with Crippen LogP contribution in [0.2, 0.25) is 0 Å². The van der Waals surface area contributed by atoms with Crippen molar-refractivity contribution in [3.63, 3.8) is 0 Å². The van der Waals surface area contributed by atoms with Crippen LogP contribution < -0.4 is 4.72 Å². The molecule has 1 aromatic heterocycles. The molecule has 102 valence electrons. The third kappa shape index (κ3) is 2.46. The number of hydrogen-bond donors (Lipinski definition) is 2. The lowest BCUT2D eigenvalue weighted by Crippen LogP contribution is -2.50. The quantitative estimate of drug-likeness (QED) is 0.870. The van der Waals surface area contributed by atoms with Crippen molar-refractivity contribution in [3.05, 3.63) is 16.3 Å². The standard InChI is InChI=1S/C11H17NO4S2/c1-8-11(2,4-5-16-8)12-18(14,15)10-3-6-17-9(10)7-13/h3,6,8,12-13H,4-5,7H2,1-2H3. The van der Waals surface area contributed by atoms with E-state index in [1.807, 2.05) is 13.8 Å². The molecule has 1 aromatic rings. The molecule has 0 radical (unpaired) electrons. The Morgan fingerprint density at radius 2 is 2.39 bits per heavy atom. The van der Waals surface area contributed by atoms with Crippen molar-refractivity contribution in [2.45, 2.75) is 43.4 Å². The summed E-state index contributed by atoms with van der Waals surface area (Å²) in [4.78, 5) is 0.619. The lowest BCUT2D eigenvalue weighted by molar-refractivity contribution is 0.0957. The molecular formula is C11H17NO4S2. The van der Waals surface area contributed by atoms with Gasteiger partial charge in [-0.3, -0.25) is 0 Å². The Hall–Kier alpha value is -0.470. The summed E-state index contributed by atoms with van der Waals surface area (Å²) in [6.07, 6.45) is 0.481. The second-order valence-electron chi connectivity index (χ2n) is 4.65. The smallest absolute Gasteiger partial charge is 0.242 e. The van der Waals surface area contributed by atoms with Crippen molar-refractivity contribution < 1.29 is 18.3 Å². The summed E-state index contributed by atoms with van der Waals surface area (Å²) in [6.45, 7) is 3.98. The van der Waals surface area contributed by atoms with E-state index in [9.17, 15) is 8.42 Å². The van der Waals surface area contributed by atoms with Crippen LogP contribution in [0.25, 0.3) is 0 Å². The number of aliphatic hydroxyl groups is 1. The highest BCUT2D eigenvalue weighted by atomic mass is 32.2. The maximum absolute atomic E-state index is 12.3. The van der Waals surface area contributed by atoms with Crippen LogP contribution in [-0.4, -0.2) is 31.8 Å². The SMILES string of the molecule is CC1OCCC1(C)NS(=O)(=O)c1ccsc1CO. The van der Waals surface area contributed by atoms with E-state index in [-0.39, 0.29) is 17.6 Å². The molecule has 7 heteroatoms. The number of rotatable bonds is 4. The van der Waals surface area contributed by atoms with Gasteiger partial charge in [-0.05, 0) is 31.7 Å². The van der Waals surface area contributed by atoms with E-state index in [0.29, 0.717) is 17.9 Å². The molecule has 0 aliphatic carbocycles. The molecule has 0 spiro atoms. The summed E-state index contributed by atoms with van der Waals surface area (Å²) < 4.78 is 32.7. The Morgan fingerprint density at radius 3 is 2.94 bits per heavy atom. The first-order chi connectivity index (χ1) is 8.39. The van der Waals surface area contributed by atoms with Gasteiger partial charge < -0.3 is 9.84 Å². The summed E-state index contributed by atoms with van der Waals surface area (Å²) in [5.41, 5.74) is -0.590. The zero-order chi connectivity index (χ0) is 13.4. The van der Waals surface area contributed by atoms with Gasteiger partial charge in [0.25, 0.3) is 0 Å². The van der Waals surface area contributed by atoms with Gasteiger partial charge in [0.15, 0.2) is 0 Å². The lowest BCUT2D eigenvalue weighted by Gasteiger charge is -2.28. The first-order valence-electron chi connectivity index (χ1n) is 5.72. The van der Waals surface area contributed by atoms with E-state index in [1.54, 1.807) is 5.38 Å². The Labute approximate surface area is 111 Å². The van der Waals surface area contributed by atoms with E-state index >= 15 is 0 Å². The molecule has 2 atom stereocenters. The molecule has 18 heavy (non-hydrogen) atoms. The van der Waals surface area contributed by atoms with Crippen LogP contribution in [0.3, 0.4) is 0 Å². The first-order valence-corrected chi connectivity index (χ1v) is 8.08. The predicted molar refractivity (Wildman–Crippen MR) is 69.0 cm³/mol. The number of ether oxygens (including phenoxy) is 1. The molecular weight excluding hydrogens is 274 g/mol. The molecule has 5 nitrogen and oxygen atoms in total. The van der Waals surface area contributed by atoms with Crippen LogP contribution in [0, 0.1) is 0 Å². The highest BCUT2D eigenvalue weighted by Gasteiger charge is 2.41. The van der Waals surface area contributed by atoms with Crippen molar-refractivity contribution in [2.24, 2.45) is 0 Å². The number of sulfonamides is 1. The molecule has 0 saturated carbocycles. The Kier molecular flexibility index (Phi) is 3.80. The molecule has 1 aliphatic rings. The van der Waals surface area contributed by atoms with Gasteiger partial charge in [0.05, 0.1) is 23.1 Å². The highest BCUT2D eigenvalue weighted by Crippen LogP contribution is 2.29. The van der Waals surface area contributed by atoms with Crippen molar-refractivity contribution in [3.8, 4) is 0 Å². The minimum Gasteiger partial charge on any atom is -0.391 e. The number of hydrogen-bond acceptors (Lipinski definition) is 5. The molecule has 2 N–H and O–H groups in total. The minimum absolute atomic E-state index is 0.162. The lowest BCUT2D eigenvalue weighted by atomic mass is 9.97. The summed E-state index contributed by atoms with van der Waals surface area (Å²) in [5.74, 6) is 0. The minimum atomic E-state index is -3.61. The summed E-state index contributed by atoms with van der Waals surface area (Å²) in [7, 11) is -3.61. The van der Waals surface area contributed by atoms with Crippen molar-refractivity contribution in [1.82, 2.24) is 4.72 Å². The first kappa shape index (κ1) is 14.0. The zero-order valence-electron chi connectivity index (χ0n) is 10.3. The molecule has 1 fully saturated rings. The van der Waals surface area contributed by atoms with E-state index < -0.39 is 15.6 Å². The molecule has 2 rings (SSSR count). The van der Waals surface area contributed by atoms with Crippen molar-refractivity contribution >= 4 is 21.4 Å². The monoisotopic (exact) mass is 291 g/mol. The number of aliphatic hydroxyl groups excluding tert-OH is 1. The van der Waals surface area contributed by atoms with Gasteiger partial charge in [-0.1, -0.05) is 0 Å². The Balaban J connectivity index is 2.28. The van der Waals surface area contributed by atoms with Gasteiger partial charge in [0, 0.05) is 11.5 Å². The van der Waals surface area contributed by atoms with Gasteiger partial charge >= 0.3 is 0 Å². The van der Waals surface area contributed by atoms with Crippen LogP contribution in [-0.2, 0) is 21.4 Å². The summed E-state index contributed by atoms with van der Waals surface area (Å²) >= 11 is 1.23. The topological polar surface area (TPSA) is 75.6 Å². The van der Waals surface area contributed by atoms with E-state index in [4.69, 9.17) is 9.84 Å². The van der Waals surface area contributed by atoms with E-state index in [2.05, 4.69) is 4.72 Å². The summed E-state index contributed by atoms with van der Waals surface area (Å²) in [5, 5.41) is 10.8. The van der Waals surface area contributed by atoms with Crippen LogP contribution in [0.5, 0.6) is 0 Å². The fourth-order valence-corrected chi connectivity index (χ4v) is 4.80. The average molecular weight is 291 g/mol. The fourth-order valence-electron chi connectivity index (χ4n) is 2.01. The molecule has 0 amide bonds. The van der Waals surface area contributed by atoms with Crippen LogP contribution in [0.1, 0.15) is 25.1 Å². The maximum Gasteiger partial charge on any atom is 0.242 e. The Morgan fingerprint density at radius 1 is 1.67 bits per heavy atom. The van der Waals surface area contributed by atoms with Crippen LogP contribution >= 0.6 is 11.3 Å². The Bertz CT molecular complexity index is 525. The predicted octanol–water partition coefficient (Wildman–Crippen LogP) is 1.09. The van der Waals surface area contributed by atoms with Crippen LogP contribution in [0.15, 0.2) is 16.3 Å². The van der Waals surface area contributed by atoms with Crippen molar-refractivity contribution in [1.29, 1.82) is 0 Å². The second-order valence-corrected chi connectivity index (χ2v) is 7.30. The van der Waals surface area contributed by atoms with Gasteiger partial charge in [-0.15, -0.1) is 11.3 Å². The molecule has 0 bridgehead atoms. The number of thiophene rings is 1. The molecule has 1 saturated heterocycles. The molecule has 2 unspecified atom stereocenters. The fraction of sp³-hybridized carbons (Fsp3) is 0.636. The van der Waals surface area contributed by atoms with E-state index in [0.717, 1.165) is 0 Å². The normalized spacial score (nSPS) is 28.7. The maximum atomic E-state index is 12.3. The number of nitrogens with one attached hydrogen (secondary N) is 1. The molecule has 1 aliphatic heterocycles. The van der Waals surface area contributed by atoms with Gasteiger partial charge in [-0.2, -0.15) is 0 Å². The van der Waals surface area contributed by atoms with Gasteiger partial charge in [0.1, 0.15) is 0 Å². The zero-order valence-corrected chi connectivity index (χ0v) is 12.0. The highest BCUT2D eigenvalue weighted by molar-refractivity contribution is 7.89. The largest absolute Gasteiger partial charge is 0.391 e. The second kappa shape index (κ2) is 4.90. The van der Waals surface area contributed by atoms with Crippen molar-refractivity contribution in [2.75, 3.05) is 6.61 Å². The molecule has 2 heterocycles. The average Bonchev–Trinajstić information content (AvgIpc) is 2.86. The molecule has 0 aromatic carbocycles. The van der Waals surface area contributed by atoms with Gasteiger partial charge in [0.2, 0.25) is 10.0 Å².